The van der Waals surface area contributed by atoms with E-state index in [0.29, 0.717) is 12.1 Å². The molecule has 5 heteroatoms. The average Bonchev–Trinajstić information content (AvgIpc) is 3.39. The van der Waals surface area contributed by atoms with Crippen LogP contribution in [0.3, 0.4) is 0 Å². The first-order chi connectivity index (χ1) is 14.3. The SMILES string of the molecule is O=C(NCC(c1ccccc1)c1c[nH]c2ccccc12)c1cnn2ccccc12. The molecule has 0 bridgehead atoms. The Bertz CT molecular complexity index is 1290. The molecule has 5 nitrogen and oxygen atoms in total. The number of benzene rings is 2. The molecule has 29 heavy (non-hydrogen) atoms. The molecule has 0 aliphatic carbocycles. The number of carbonyl (C=O) groups is 1. The maximum Gasteiger partial charge on any atom is 0.255 e. The van der Waals surface area contributed by atoms with Gasteiger partial charge in [0.1, 0.15) is 0 Å². The standard InChI is InChI=1S/C24H20N4O/c29-24(21-16-27-28-13-7-6-12-23(21)28)26-14-19(17-8-2-1-3-9-17)20-15-25-22-11-5-4-10-18(20)22/h1-13,15-16,19,25H,14H2,(H,26,29). The Morgan fingerprint density at radius 2 is 1.79 bits per heavy atom. The van der Waals surface area contributed by atoms with Crippen molar-refractivity contribution >= 4 is 22.3 Å². The predicted octanol–water partition coefficient (Wildman–Crippen LogP) is 4.38. The van der Waals surface area contributed by atoms with Crippen molar-refractivity contribution in [3.05, 3.63) is 108 Å². The van der Waals surface area contributed by atoms with Gasteiger partial charge in [-0.15, -0.1) is 0 Å². The molecule has 0 spiro atoms. The number of para-hydroxylation sites is 1. The lowest BCUT2D eigenvalue weighted by molar-refractivity contribution is 0.0954. The second-order valence-corrected chi connectivity index (χ2v) is 7.05. The van der Waals surface area contributed by atoms with E-state index < -0.39 is 0 Å². The number of hydrogen-bond acceptors (Lipinski definition) is 2. The fraction of sp³-hybridized carbons (Fsp3) is 0.0833. The van der Waals surface area contributed by atoms with Crippen LogP contribution in [-0.4, -0.2) is 27.0 Å². The van der Waals surface area contributed by atoms with Crippen LogP contribution in [0.2, 0.25) is 0 Å². The van der Waals surface area contributed by atoms with Gasteiger partial charge >= 0.3 is 0 Å². The molecule has 3 heterocycles. The van der Waals surface area contributed by atoms with Crippen LogP contribution in [0.25, 0.3) is 16.4 Å². The van der Waals surface area contributed by atoms with Crippen LogP contribution >= 0.6 is 0 Å². The van der Waals surface area contributed by atoms with Crippen LogP contribution in [0.1, 0.15) is 27.4 Å². The lowest BCUT2D eigenvalue weighted by Crippen LogP contribution is -2.28. The number of amides is 1. The highest BCUT2D eigenvalue weighted by atomic mass is 16.1. The molecule has 3 aromatic heterocycles. The summed E-state index contributed by atoms with van der Waals surface area (Å²) in [5, 5.41) is 8.56. The first-order valence-electron chi connectivity index (χ1n) is 9.63. The number of rotatable bonds is 5. The summed E-state index contributed by atoms with van der Waals surface area (Å²) in [4.78, 5) is 16.3. The number of H-pyrrole nitrogens is 1. The maximum absolute atomic E-state index is 12.9. The van der Waals surface area contributed by atoms with E-state index in [1.807, 2.05) is 60.9 Å². The van der Waals surface area contributed by atoms with E-state index in [2.05, 4.69) is 39.7 Å². The Labute approximate surface area is 168 Å². The number of fused-ring (bicyclic) bond motifs is 2. The van der Waals surface area contributed by atoms with E-state index in [1.165, 1.54) is 10.9 Å². The first kappa shape index (κ1) is 17.3. The molecule has 0 aliphatic heterocycles. The molecule has 0 saturated carbocycles. The average molecular weight is 380 g/mol. The summed E-state index contributed by atoms with van der Waals surface area (Å²) >= 11 is 0. The highest BCUT2D eigenvalue weighted by Crippen LogP contribution is 2.30. The molecule has 5 rings (SSSR count). The van der Waals surface area contributed by atoms with Gasteiger partial charge in [0.2, 0.25) is 0 Å². The van der Waals surface area contributed by atoms with Crippen molar-refractivity contribution in [2.45, 2.75) is 5.92 Å². The Hall–Kier alpha value is -3.86. The maximum atomic E-state index is 12.9. The summed E-state index contributed by atoms with van der Waals surface area (Å²) in [6.45, 7) is 0.495. The number of nitrogens with zero attached hydrogens (tertiary/aromatic N) is 2. The predicted molar refractivity (Wildman–Crippen MR) is 114 cm³/mol. The van der Waals surface area contributed by atoms with Crippen molar-refractivity contribution in [1.82, 2.24) is 19.9 Å². The van der Waals surface area contributed by atoms with Gasteiger partial charge in [0.15, 0.2) is 0 Å². The van der Waals surface area contributed by atoms with Gasteiger partial charge < -0.3 is 10.3 Å². The number of hydrogen-bond donors (Lipinski definition) is 2. The number of aromatic nitrogens is 3. The zero-order valence-corrected chi connectivity index (χ0v) is 15.7. The quantitative estimate of drug-likeness (QED) is 0.475. The van der Waals surface area contributed by atoms with Crippen molar-refractivity contribution in [3.8, 4) is 0 Å². The molecule has 2 aromatic carbocycles. The van der Waals surface area contributed by atoms with E-state index in [9.17, 15) is 4.79 Å². The van der Waals surface area contributed by atoms with E-state index in [4.69, 9.17) is 0 Å². The molecule has 1 unspecified atom stereocenters. The van der Waals surface area contributed by atoms with Gasteiger partial charge in [0.05, 0.1) is 17.3 Å². The summed E-state index contributed by atoms with van der Waals surface area (Å²) in [6.07, 6.45) is 5.50. The molecule has 0 radical (unpaired) electrons. The Kier molecular flexibility index (Phi) is 4.33. The third kappa shape index (κ3) is 3.17. The lowest BCUT2D eigenvalue weighted by Gasteiger charge is -2.18. The minimum atomic E-state index is -0.119. The van der Waals surface area contributed by atoms with E-state index >= 15 is 0 Å². The number of pyridine rings is 1. The topological polar surface area (TPSA) is 62.2 Å². The third-order valence-corrected chi connectivity index (χ3v) is 5.34. The molecule has 5 aromatic rings. The second-order valence-electron chi connectivity index (χ2n) is 7.05. The van der Waals surface area contributed by atoms with E-state index in [1.54, 1.807) is 10.7 Å². The molecule has 1 atom stereocenters. The van der Waals surface area contributed by atoms with Crippen LogP contribution in [0.5, 0.6) is 0 Å². The molecule has 0 aliphatic rings. The molecule has 1 amide bonds. The normalized spacial score (nSPS) is 12.3. The van der Waals surface area contributed by atoms with Crippen molar-refractivity contribution in [1.29, 1.82) is 0 Å². The van der Waals surface area contributed by atoms with Crippen LogP contribution in [-0.2, 0) is 0 Å². The monoisotopic (exact) mass is 380 g/mol. The minimum absolute atomic E-state index is 0.0399. The van der Waals surface area contributed by atoms with Crippen molar-refractivity contribution in [3.63, 3.8) is 0 Å². The number of aromatic amines is 1. The van der Waals surface area contributed by atoms with Gasteiger partial charge in [-0.05, 0) is 29.3 Å². The Morgan fingerprint density at radius 3 is 2.69 bits per heavy atom. The molecule has 2 N–H and O–H groups in total. The van der Waals surface area contributed by atoms with E-state index in [0.717, 1.165) is 16.6 Å². The van der Waals surface area contributed by atoms with Crippen molar-refractivity contribution < 1.29 is 4.79 Å². The Balaban J connectivity index is 1.47. The van der Waals surface area contributed by atoms with Gasteiger partial charge in [-0.25, -0.2) is 4.52 Å². The van der Waals surface area contributed by atoms with Crippen LogP contribution in [0.4, 0.5) is 0 Å². The fourth-order valence-electron chi connectivity index (χ4n) is 3.87. The summed E-state index contributed by atoms with van der Waals surface area (Å²) in [7, 11) is 0. The molecular formula is C24H20N4O. The van der Waals surface area contributed by atoms with Gasteiger partial charge in [-0.3, -0.25) is 4.79 Å². The van der Waals surface area contributed by atoms with Crippen molar-refractivity contribution in [2.24, 2.45) is 0 Å². The molecule has 142 valence electrons. The first-order valence-corrected chi connectivity index (χ1v) is 9.63. The summed E-state index contributed by atoms with van der Waals surface area (Å²) in [6, 6.07) is 24.2. The number of nitrogens with one attached hydrogen (secondary N) is 2. The molecule has 0 fully saturated rings. The highest BCUT2D eigenvalue weighted by molar-refractivity contribution is 6.00. The zero-order valence-electron chi connectivity index (χ0n) is 15.7. The summed E-state index contributed by atoms with van der Waals surface area (Å²) in [5.41, 5.74) is 4.81. The minimum Gasteiger partial charge on any atom is -0.361 e. The fourth-order valence-corrected chi connectivity index (χ4v) is 3.87. The zero-order chi connectivity index (χ0) is 19.6. The largest absolute Gasteiger partial charge is 0.361 e. The third-order valence-electron chi connectivity index (χ3n) is 5.34. The van der Waals surface area contributed by atoms with Crippen LogP contribution < -0.4 is 5.32 Å². The highest BCUT2D eigenvalue weighted by Gasteiger charge is 2.20. The van der Waals surface area contributed by atoms with Crippen LogP contribution in [0, 0.1) is 0 Å². The smallest absolute Gasteiger partial charge is 0.255 e. The van der Waals surface area contributed by atoms with Gasteiger partial charge in [0, 0.05) is 35.8 Å². The summed E-state index contributed by atoms with van der Waals surface area (Å²) in [5.74, 6) is -0.0786. The molecular weight excluding hydrogens is 360 g/mol. The molecule has 0 saturated heterocycles. The van der Waals surface area contributed by atoms with E-state index in [-0.39, 0.29) is 11.8 Å². The van der Waals surface area contributed by atoms with Crippen LogP contribution in [0.15, 0.2) is 91.4 Å². The Morgan fingerprint density at radius 1 is 1.00 bits per heavy atom. The van der Waals surface area contributed by atoms with Gasteiger partial charge in [0.25, 0.3) is 5.91 Å². The lowest BCUT2D eigenvalue weighted by atomic mass is 9.91. The van der Waals surface area contributed by atoms with Crippen molar-refractivity contribution in [2.75, 3.05) is 6.54 Å². The van der Waals surface area contributed by atoms with Gasteiger partial charge in [-0.1, -0.05) is 54.6 Å². The van der Waals surface area contributed by atoms with Gasteiger partial charge in [-0.2, -0.15) is 5.10 Å². The second kappa shape index (κ2) is 7.28. The summed E-state index contributed by atoms with van der Waals surface area (Å²) < 4.78 is 1.71. The number of carbonyl (C=O) groups excluding carboxylic acids is 1.